The number of aromatic nitrogens is 2. The maximum Gasteiger partial charge on any atom is 0.124 e. The molecule has 114 valence electrons. The first-order chi connectivity index (χ1) is 10.2. The summed E-state index contributed by atoms with van der Waals surface area (Å²) in [5.41, 5.74) is 2.05. The summed E-state index contributed by atoms with van der Waals surface area (Å²) in [4.78, 5) is 7.07. The predicted molar refractivity (Wildman–Crippen MR) is 89.2 cm³/mol. The van der Waals surface area contributed by atoms with E-state index in [0.717, 1.165) is 41.0 Å². The molecule has 3 rings (SSSR count). The van der Waals surface area contributed by atoms with Gasteiger partial charge in [-0.3, -0.25) is 0 Å². The van der Waals surface area contributed by atoms with E-state index in [9.17, 15) is 0 Å². The molecule has 1 fully saturated rings. The number of hydrogen-bond acceptors (Lipinski definition) is 2. The fourth-order valence-electron chi connectivity index (χ4n) is 3.29. The number of nitrogens with zero attached hydrogens (tertiary/aromatic N) is 3. The summed E-state index contributed by atoms with van der Waals surface area (Å²) in [7, 11) is 2.23. The minimum atomic E-state index is 0.430. The second-order valence-electron chi connectivity index (χ2n) is 5.87. The van der Waals surface area contributed by atoms with E-state index in [0.29, 0.717) is 5.88 Å². The second-order valence-corrected chi connectivity index (χ2v) is 6.57. The molecule has 3 nitrogen and oxygen atoms in total. The molecule has 0 saturated heterocycles. The summed E-state index contributed by atoms with van der Waals surface area (Å²) in [6.45, 7) is 1.95. The zero-order valence-electron chi connectivity index (χ0n) is 12.4. The summed E-state index contributed by atoms with van der Waals surface area (Å²) in [6.07, 6.45) is 5.40. The summed E-state index contributed by atoms with van der Waals surface area (Å²) in [5.74, 6) is 1.35. The van der Waals surface area contributed by atoms with Gasteiger partial charge in [-0.05, 0) is 38.1 Å². The smallest absolute Gasteiger partial charge is 0.124 e. The molecule has 0 atom stereocenters. The van der Waals surface area contributed by atoms with Gasteiger partial charge >= 0.3 is 0 Å². The molecule has 1 heterocycles. The molecule has 0 aliphatic heterocycles. The minimum absolute atomic E-state index is 0.430. The van der Waals surface area contributed by atoms with Crippen LogP contribution in [0.4, 0.5) is 0 Å². The Kier molecular flexibility index (Phi) is 4.72. The van der Waals surface area contributed by atoms with E-state index in [-0.39, 0.29) is 0 Å². The van der Waals surface area contributed by atoms with Crippen LogP contribution in [-0.2, 0) is 12.4 Å². The zero-order valence-corrected chi connectivity index (χ0v) is 13.9. The van der Waals surface area contributed by atoms with Gasteiger partial charge in [0.15, 0.2) is 0 Å². The third-order valence-corrected chi connectivity index (χ3v) is 5.01. The van der Waals surface area contributed by atoms with Gasteiger partial charge in [0.2, 0.25) is 0 Å². The molecule has 0 unspecified atom stereocenters. The van der Waals surface area contributed by atoms with Gasteiger partial charge in [0.1, 0.15) is 5.82 Å². The van der Waals surface area contributed by atoms with Gasteiger partial charge < -0.3 is 9.47 Å². The SMILES string of the molecule is CN(CCn1c(CCl)nc2cc(Cl)ccc21)C1CCCC1. The highest BCUT2D eigenvalue weighted by molar-refractivity contribution is 6.31. The van der Waals surface area contributed by atoms with Crippen molar-refractivity contribution in [2.45, 2.75) is 44.1 Å². The molecule has 1 aliphatic rings. The summed E-state index contributed by atoms with van der Waals surface area (Å²) in [5, 5.41) is 0.719. The number of halogens is 2. The van der Waals surface area contributed by atoms with Crippen molar-refractivity contribution < 1.29 is 0 Å². The summed E-state index contributed by atoms with van der Waals surface area (Å²) >= 11 is 12.1. The van der Waals surface area contributed by atoms with Crippen LogP contribution in [0.3, 0.4) is 0 Å². The molecule has 0 radical (unpaired) electrons. The van der Waals surface area contributed by atoms with Crippen molar-refractivity contribution in [3.8, 4) is 0 Å². The molecule has 1 saturated carbocycles. The molecule has 21 heavy (non-hydrogen) atoms. The van der Waals surface area contributed by atoms with E-state index in [1.165, 1.54) is 25.7 Å². The average molecular weight is 326 g/mol. The average Bonchev–Trinajstić information content (AvgIpc) is 3.11. The van der Waals surface area contributed by atoms with Crippen molar-refractivity contribution in [1.82, 2.24) is 14.5 Å². The lowest BCUT2D eigenvalue weighted by Gasteiger charge is -2.24. The molecule has 2 aromatic rings. The third-order valence-electron chi connectivity index (χ3n) is 4.53. The molecule has 5 heteroatoms. The highest BCUT2D eigenvalue weighted by Gasteiger charge is 2.19. The topological polar surface area (TPSA) is 21.1 Å². The maximum absolute atomic E-state index is 6.06. The molecule has 0 amide bonds. The number of benzene rings is 1. The first-order valence-corrected chi connectivity index (χ1v) is 8.51. The van der Waals surface area contributed by atoms with Crippen LogP contribution in [0.1, 0.15) is 31.5 Å². The summed E-state index contributed by atoms with van der Waals surface area (Å²) < 4.78 is 2.23. The van der Waals surface area contributed by atoms with Crippen molar-refractivity contribution in [2.24, 2.45) is 0 Å². The third kappa shape index (κ3) is 3.20. The highest BCUT2D eigenvalue weighted by Crippen LogP contribution is 2.24. The zero-order chi connectivity index (χ0) is 14.8. The van der Waals surface area contributed by atoms with Gasteiger partial charge in [-0.15, -0.1) is 11.6 Å². The number of imidazole rings is 1. The number of alkyl halides is 1. The van der Waals surface area contributed by atoms with Crippen LogP contribution in [0.2, 0.25) is 5.02 Å². The van der Waals surface area contributed by atoms with E-state index in [1.807, 2.05) is 18.2 Å². The molecular formula is C16H21Cl2N3. The van der Waals surface area contributed by atoms with Crippen LogP contribution in [-0.4, -0.2) is 34.1 Å². The van der Waals surface area contributed by atoms with E-state index in [2.05, 4.69) is 21.5 Å². The monoisotopic (exact) mass is 325 g/mol. The van der Waals surface area contributed by atoms with Gasteiger partial charge in [-0.2, -0.15) is 0 Å². The standard InChI is InChI=1S/C16H21Cl2N3/c1-20(13-4-2-3-5-13)8-9-21-15-7-6-12(18)10-14(15)19-16(21)11-17/h6-7,10,13H,2-5,8-9,11H2,1H3. The molecule has 0 N–H and O–H groups in total. The van der Waals surface area contributed by atoms with Crippen LogP contribution < -0.4 is 0 Å². The largest absolute Gasteiger partial charge is 0.326 e. The van der Waals surface area contributed by atoms with E-state index in [1.54, 1.807) is 0 Å². The Morgan fingerprint density at radius 1 is 1.33 bits per heavy atom. The lowest BCUT2D eigenvalue weighted by molar-refractivity contribution is 0.236. The number of fused-ring (bicyclic) bond motifs is 1. The first kappa shape index (κ1) is 15.1. The fraction of sp³-hybridized carbons (Fsp3) is 0.562. The molecule has 1 aromatic carbocycles. The molecule has 1 aliphatic carbocycles. The molecular weight excluding hydrogens is 305 g/mol. The van der Waals surface area contributed by atoms with E-state index >= 15 is 0 Å². The van der Waals surface area contributed by atoms with Crippen LogP contribution in [0, 0.1) is 0 Å². The molecule has 0 bridgehead atoms. The Balaban J connectivity index is 1.78. The van der Waals surface area contributed by atoms with Gasteiger partial charge in [-0.1, -0.05) is 24.4 Å². The Morgan fingerprint density at radius 2 is 2.10 bits per heavy atom. The van der Waals surface area contributed by atoms with Crippen LogP contribution in [0.15, 0.2) is 18.2 Å². The maximum atomic E-state index is 6.06. The first-order valence-electron chi connectivity index (χ1n) is 7.60. The number of rotatable bonds is 5. The van der Waals surface area contributed by atoms with Crippen molar-refractivity contribution in [3.05, 3.63) is 29.0 Å². The molecule has 0 spiro atoms. The van der Waals surface area contributed by atoms with E-state index < -0.39 is 0 Å². The minimum Gasteiger partial charge on any atom is -0.326 e. The fourth-order valence-corrected chi connectivity index (χ4v) is 3.66. The van der Waals surface area contributed by atoms with E-state index in [4.69, 9.17) is 23.2 Å². The second kappa shape index (κ2) is 6.55. The van der Waals surface area contributed by atoms with Crippen molar-refractivity contribution in [2.75, 3.05) is 13.6 Å². The Labute approximate surface area is 135 Å². The van der Waals surface area contributed by atoms with Crippen molar-refractivity contribution in [3.63, 3.8) is 0 Å². The highest BCUT2D eigenvalue weighted by atomic mass is 35.5. The van der Waals surface area contributed by atoms with Gasteiger partial charge in [0, 0.05) is 24.2 Å². The Morgan fingerprint density at radius 3 is 2.81 bits per heavy atom. The Hall–Kier alpha value is -0.770. The lowest BCUT2D eigenvalue weighted by Crippen LogP contribution is -2.32. The number of likely N-dealkylation sites (N-methyl/N-ethyl adjacent to an activating group) is 1. The normalized spacial score (nSPS) is 16.4. The quantitative estimate of drug-likeness (QED) is 0.764. The number of hydrogen-bond donors (Lipinski definition) is 0. The van der Waals surface area contributed by atoms with Gasteiger partial charge in [-0.25, -0.2) is 4.98 Å². The van der Waals surface area contributed by atoms with Crippen molar-refractivity contribution in [1.29, 1.82) is 0 Å². The summed E-state index contributed by atoms with van der Waals surface area (Å²) in [6, 6.07) is 6.61. The van der Waals surface area contributed by atoms with Crippen LogP contribution >= 0.6 is 23.2 Å². The van der Waals surface area contributed by atoms with Gasteiger partial charge in [0.25, 0.3) is 0 Å². The molecule has 1 aromatic heterocycles. The van der Waals surface area contributed by atoms with Gasteiger partial charge in [0.05, 0.1) is 16.9 Å². The van der Waals surface area contributed by atoms with Crippen LogP contribution in [0.25, 0.3) is 11.0 Å². The van der Waals surface area contributed by atoms with Crippen LogP contribution in [0.5, 0.6) is 0 Å². The van der Waals surface area contributed by atoms with Crippen molar-refractivity contribution >= 4 is 34.2 Å². The lowest BCUT2D eigenvalue weighted by atomic mass is 10.2. The Bertz CT molecular complexity index is 617. The predicted octanol–water partition coefficient (Wildman–Crippen LogP) is 4.30.